The third-order valence-electron chi connectivity index (χ3n) is 28.1. The highest BCUT2D eigenvalue weighted by Gasteiger charge is 2.77. The van der Waals surface area contributed by atoms with Crippen molar-refractivity contribution < 1.29 is 0 Å². The van der Waals surface area contributed by atoms with Crippen LogP contribution >= 0.6 is 0 Å². The molecule has 2 unspecified atom stereocenters. The Morgan fingerprint density at radius 3 is 0.568 bits per heavy atom. The Labute approximate surface area is 445 Å². The van der Waals surface area contributed by atoms with E-state index in [1.165, 1.54) is 22.3 Å². The zero-order valence-electron chi connectivity index (χ0n) is 41.7. The summed E-state index contributed by atoms with van der Waals surface area (Å²) < 4.78 is 0. The van der Waals surface area contributed by atoms with Crippen molar-refractivity contribution in [1.29, 1.82) is 0 Å². The Morgan fingerprint density at radius 2 is 0.346 bits per heavy atom. The number of nitrogens with one attached hydrogen (secondary N) is 1. The van der Waals surface area contributed by atoms with Gasteiger partial charge in [0.25, 0.3) is 0 Å². The average molecular weight is 992 g/mol. The fourth-order valence-electron chi connectivity index (χ4n) is 27.7. The zero-order valence-corrected chi connectivity index (χ0v) is 41.7. The molecule has 1 N–H and O–H groups in total. The van der Waals surface area contributed by atoms with Gasteiger partial charge in [-0.25, -0.2) is 0 Å². The van der Waals surface area contributed by atoms with Crippen molar-refractivity contribution in [3.05, 3.63) is 118 Å². The molecule has 1 nitrogen and oxygen atoms in total. The maximum Gasteiger partial charge on any atom is 0.0579 e. The Balaban J connectivity index is 1.03. The molecule has 0 amide bonds. The normalized spacial score (nSPS) is 22.9. The highest BCUT2D eigenvalue weighted by atomic mass is 15.1. The zero-order chi connectivity index (χ0) is 48.6. The summed E-state index contributed by atoms with van der Waals surface area (Å²) in [5, 5.41) is 94.2. The van der Waals surface area contributed by atoms with E-state index in [1.807, 2.05) is 0 Å². The summed E-state index contributed by atoms with van der Waals surface area (Å²) >= 11 is 0. The van der Waals surface area contributed by atoms with Gasteiger partial charge in [-0.15, -0.1) is 0 Å². The van der Waals surface area contributed by atoms with E-state index in [4.69, 9.17) is 5.32 Å². The van der Waals surface area contributed by atoms with E-state index in [-0.39, 0.29) is 12.1 Å². The summed E-state index contributed by atoms with van der Waals surface area (Å²) in [7, 11) is 0. The fourth-order valence-corrected chi connectivity index (χ4v) is 27.7. The first-order valence-electron chi connectivity index (χ1n) is 30.1. The molecule has 5 aliphatic rings. The largest absolute Gasteiger partial charge is 0.301 e. The van der Waals surface area contributed by atoms with Crippen molar-refractivity contribution in [3.8, 4) is 11.1 Å². The van der Waals surface area contributed by atoms with Crippen molar-refractivity contribution in [2.75, 3.05) is 0 Å². The maximum absolute atomic E-state index is 4.96. The van der Waals surface area contributed by atoms with E-state index in [2.05, 4.69) is 84.9 Å². The second-order valence-corrected chi connectivity index (χ2v) is 28.8. The number of hydrogen-bond donors (Lipinski definition) is 1. The Bertz CT molecular complexity index is 7940. The van der Waals surface area contributed by atoms with Gasteiger partial charge in [0.15, 0.2) is 0 Å². The topological polar surface area (TPSA) is 12.0 Å². The van der Waals surface area contributed by atoms with Crippen LogP contribution in [0, 0.1) is 0 Å². The lowest BCUT2D eigenvalue weighted by Gasteiger charge is -2.53. The first-order chi connectivity index (χ1) is 40.4. The highest BCUT2D eigenvalue weighted by Crippen LogP contribution is 2.88. The molecule has 31 aromatic rings. The first-order valence-corrected chi connectivity index (χ1v) is 30.1. The molecule has 36 rings (SSSR count). The summed E-state index contributed by atoms with van der Waals surface area (Å²) in [6, 6.07) is 33.4. The predicted molar refractivity (Wildman–Crippen MR) is 341 cm³/mol. The molecule has 1 heterocycles. The predicted octanol–water partition coefficient (Wildman–Crippen LogP) is 21.0. The van der Waals surface area contributed by atoms with Gasteiger partial charge in [0.2, 0.25) is 0 Å². The standard InChI is InChI=1S/C80H17N/c1-3-7-15(8-4-1)16-11-13-18(14-12-16)78-80-75-67-59-49-39-31-23-20-19-21-25-27(23)35-41-33(25)43-37-29(21)30-22(19)26-28-24(20)32(31)40-46-36(28)42-34(26)44-38(30)48-47(37)57-51(43)61-55(41)63(53(59)45(35)39)71(75)69(61)73-65(57)66-58(48)52(44)62-56(42)64-54(46)60(50(40)49)68(67)76(80)72(64)70(62)74(66)79(73,80)77(81-78)17-9-5-2-6-10-17/h1-14,77-78,81H. The van der Waals surface area contributed by atoms with Crippen molar-refractivity contribution in [3.63, 3.8) is 0 Å². The third-order valence-corrected chi connectivity index (χ3v) is 28.1. The minimum atomic E-state index is -0.465. The number of hydrogen-bond acceptors (Lipinski definition) is 1. The smallest absolute Gasteiger partial charge is 0.0579 e. The monoisotopic (exact) mass is 991 g/mol. The minimum Gasteiger partial charge on any atom is -0.301 e. The van der Waals surface area contributed by atoms with Crippen molar-refractivity contribution in [1.82, 2.24) is 5.32 Å². The van der Waals surface area contributed by atoms with Crippen molar-refractivity contribution in [2.24, 2.45) is 0 Å². The average Bonchev–Trinajstić information content (AvgIpc) is 1.40. The SMILES string of the molecule is c1ccc(-c2ccc(C3NC(c4ccccc4)C45c6c7c8c9c%10c%11c(c%12c%13c4c4c6c6c%14c7c7c8c8c%10c%10c%15c%11c%11c%12c%12c%13c%13c4c4c6c6c%14c%14c7c7c8c%10c8c%10c%15c%11c%11c%12c%12c%13c4c4c6c6c%14c7c8c7c%10c%11c%12c4c67)C935)cc2)cc1. The van der Waals surface area contributed by atoms with Gasteiger partial charge in [-0.2, -0.15) is 0 Å². The molecular weight excluding hydrogens is 975 g/mol. The Morgan fingerprint density at radius 1 is 0.173 bits per heavy atom. The van der Waals surface area contributed by atoms with E-state index in [1.54, 1.807) is 313 Å². The van der Waals surface area contributed by atoms with E-state index in [0.29, 0.717) is 0 Å². The summed E-state index contributed by atoms with van der Waals surface area (Å²) in [6.45, 7) is 0. The van der Waals surface area contributed by atoms with Crippen LogP contribution in [0.3, 0.4) is 0 Å². The third kappa shape index (κ3) is 1.87. The molecule has 1 saturated heterocycles. The lowest BCUT2D eigenvalue weighted by Crippen LogP contribution is -2.52. The van der Waals surface area contributed by atoms with Crippen LogP contribution < -0.4 is 5.32 Å². The molecule has 0 radical (unpaired) electrons. The van der Waals surface area contributed by atoms with Gasteiger partial charge in [-0.05, 0) is 335 Å². The summed E-state index contributed by atoms with van der Waals surface area (Å²) in [5.41, 5.74) is 11.4. The Hall–Kier alpha value is -9.92. The van der Waals surface area contributed by atoms with Crippen LogP contribution in [0.2, 0.25) is 0 Å². The van der Waals surface area contributed by atoms with Crippen LogP contribution in [0.1, 0.15) is 45.5 Å². The van der Waals surface area contributed by atoms with Gasteiger partial charge in [0.05, 0.1) is 10.8 Å². The maximum atomic E-state index is 4.96. The fraction of sp³-hybridized carbons (Fsp3) is 0.0500. The molecule has 342 valence electrons. The van der Waals surface area contributed by atoms with E-state index in [0.717, 1.165) is 0 Å². The second-order valence-electron chi connectivity index (χ2n) is 28.8. The van der Waals surface area contributed by atoms with Gasteiger partial charge in [-0.3, -0.25) is 0 Å². The minimum absolute atomic E-state index is 0.00764. The van der Waals surface area contributed by atoms with Crippen LogP contribution in [-0.2, 0) is 10.8 Å². The molecular formula is C80H17N. The molecule has 0 bridgehead atoms. The molecule has 1 heteroatoms. The van der Waals surface area contributed by atoms with Crippen LogP contribution in [-0.4, -0.2) is 0 Å². The van der Waals surface area contributed by atoms with E-state index in [9.17, 15) is 0 Å². The van der Waals surface area contributed by atoms with Crippen molar-refractivity contribution in [2.45, 2.75) is 22.9 Å². The lowest BCUT2D eigenvalue weighted by molar-refractivity contribution is 0.334. The molecule has 4 aliphatic carbocycles. The van der Waals surface area contributed by atoms with Gasteiger partial charge in [0, 0.05) is 12.1 Å². The van der Waals surface area contributed by atoms with Gasteiger partial charge in [-0.1, -0.05) is 84.9 Å². The van der Waals surface area contributed by atoms with Crippen LogP contribution in [0.5, 0.6) is 0 Å². The van der Waals surface area contributed by atoms with E-state index >= 15 is 0 Å². The molecule has 1 aliphatic heterocycles. The Kier molecular flexibility index (Phi) is 2.99. The van der Waals surface area contributed by atoms with Crippen molar-refractivity contribution >= 4 is 291 Å². The molecule has 0 saturated carbocycles. The van der Waals surface area contributed by atoms with Gasteiger partial charge in [0.1, 0.15) is 0 Å². The summed E-state index contributed by atoms with van der Waals surface area (Å²) in [5.74, 6) is 0. The first kappa shape index (κ1) is 31.6. The lowest BCUT2D eigenvalue weighted by atomic mass is 9.45. The highest BCUT2D eigenvalue weighted by molar-refractivity contribution is 6.82. The number of benzene rings is 21. The van der Waals surface area contributed by atoms with Crippen LogP contribution in [0.25, 0.3) is 302 Å². The van der Waals surface area contributed by atoms with Gasteiger partial charge >= 0.3 is 0 Å². The molecule has 0 aromatic heterocycles. The molecule has 81 heavy (non-hydrogen) atoms. The number of rotatable bonds is 3. The van der Waals surface area contributed by atoms with Crippen LogP contribution in [0.4, 0.5) is 0 Å². The molecule has 31 aromatic carbocycles. The second kappa shape index (κ2) is 7.65. The molecule has 1 fully saturated rings. The molecule has 2 spiro atoms. The van der Waals surface area contributed by atoms with E-state index < -0.39 is 10.8 Å². The summed E-state index contributed by atoms with van der Waals surface area (Å²) in [6.07, 6.45) is 0. The summed E-state index contributed by atoms with van der Waals surface area (Å²) in [4.78, 5) is 0. The molecule has 2 atom stereocenters. The quantitative estimate of drug-likeness (QED) is 0.174. The van der Waals surface area contributed by atoms with Crippen LogP contribution in [0.15, 0.2) is 84.9 Å². The van der Waals surface area contributed by atoms with Gasteiger partial charge < -0.3 is 5.32 Å².